The van der Waals surface area contributed by atoms with Crippen LogP contribution in [0.25, 0.3) is 0 Å². The number of nitrogens with zero attached hydrogens (tertiary/aromatic N) is 1. The zero-order valence-corrected chi connectivity index (χ0v) is 11.3. The highest BCUT2D eigenvalue weighted by molar-refractivity contribution is 5.53. The fourth-order valence-corrected chi connectivity index (χ4v) is 2.62. The first kappa shape index (κ1) is 13.2. The first-order valence-corrected chi connectivity index (χ1v) is 6.26. The average molecular weight is 250 g/mol. The third-order valence-corrected chi connectivity index (χ3v) is 4.08. The molecule has 0 spiro atoms. The molecule has 1 aromatic rings. The minimum atomic E-state index is 0.0209. The van der Waals surface area contributed by atoms with Crippen molar-refractivity contribution in [1.82, 2.24) is 0 Å². The molecule has 1 aliphatic carbocycles. The summed E-state index contributed by atoms with van der Waals surface area (Å²) in [6.07, 6.45) is 2.29. The number of benzene rings is 1. The summed E-state index contributed by atoms with van der Waals surface area (Å²) in [6, 6.07) is 8.07. The highest BCUT2D eigenvalue weighted by atomic mass is 16.5. The molecule has 0 atom stereocenters. The zero-order valence-electron chi connectivity index (χ0n) is 11.3. The van der Waals surface area contributed by atoms with Crippen molar-refractivity contribution >= 4 is 5.69 Å². The van der Waals surface area contributed by atoms with Crippen LogP contribution in [-0.4, -0.2) is 39.5 Å². The molecule has 4 nitrogen and oxygen atoms in total. The van der Waals surface area contributed by atoms with Crippen molar-refractivity contribution in [3.8, 4) is 5.75 Å². The minimum Gasteiger partial charge on any atom is -0.497 e. The van der Waals surface area contributed by atoms with E-state index < -0.39 is 0 Å². The van der Waals surface area contributed by atoms with Crippen molar-refractivity contribution < 1.29 is 9.47 Å². The van der Waals surface area contributed by atoms with E-state index in [-0.39, 0.29) is 5.54 Å². The first-order chi connectivity index (χ1) is 8.65. The number of methoxy groups -OCH3 is 2. The lowest BCUT2D eigenvalue weighted by molar-refractivity contribution is -0.0123. The summed E-state index contributed by atoms with van der Waals surface area (Å²) in [4.78, 5) is 2.26. The molecule has 0 saturated heterocycles. The molecule has 4 heteroatoms. The van der Waals surface area contributed by atoms with Crippen molar-refractivity contribution in [3.63, 3.8) is 0 Å². The van der Waals surface area contributed by atoms with Gasteiger partial charge in [0.25, 0.3) is 0 Å². The van der Waals surface area contributed by atoms with E-state index in [1.165, 1.54) is 0 Å². The van der Waals surface area contributed by atoms with Gasteiger partial charge in [-0.1, -0.05) is 6.07 Å². The van der Waals surface area contributed by atoms with Crippen LogP contribution in [0.4, 0.5) is 5.69 Å². The Morgan fingerprint density at radius 3 is 2.67 bits per heavy atom. The van der Waals surface area contributed by atoms with E-state index in [9.17, 15) is 0 Å². The normalized spacial score (nSPS) is 26.6. The predicted octanol–water partition coefficient (Wildman–Crippen LogP) is 1.64. The minimum absolute atomic E-state index is 0.0209. The Bertz CT molecular complexity index is 403. The Balaban J connectivity index is 2.16. The van der Waals surface area contributed by atoms with Crippen LogP contribution < -0.4 is 15.4 Å². The second kappa shape index (κ2) is 5.16. The van der Waals surface area contributed by atoms with E-state index in [0.29, 0.717) is 12.6 Å². The van der Waals surface area contributed by atoms with Crippen LogP contribution in [0.5, 0.6) is 5.75 Å². The molecule has 0 aromatic heterocycles. The van der Waals surface area contributed by atoms with Gasteiger partial charge >= 0.3 is 0 Å². The maximum Gasteiger partial charge on any atom is 0.120 e. The van der Waals surface area contributed by atoms with E-state index in [4.69, 9.17) is 15.2 Å². The molecule has 0 unspecified atom stereocenters. The molecule has 2 rings (SSSR count). The summed E-state index contributed by atoms with van der Waals surface area (Å²) in [7, 11) is 5.53. The maximum atomic E-state index is 5.97. The topological polar surface area (TPSA) is 47.7 Å². The molecule has 0 bridgehead atoms. The lowest BCUT2D eigenvalue weighted by Crippen LogP contribution is -2.63. The Labute approximate surface area is 109 Å². The zero-order chi connectivity index (χ0) is 13.2. The summed E-state index contributed by atoms with van der Waals surface area (Å²) in [5, 5.41) is 0. The van der Waals surface area contributed by atoms with Gasteiger partial charge in [-0.15, -0.1) is 0 Å². The van der Waals surface area contributed by atoms with Crippen molar-refractivity contribution in [2.75, 3.05) is 32.7 Å². The summed E-state index contributed by atoms with van der Waals surface area (Å²) in [6.45, 7) is 0.639. The number of likely N-dealkylation sites (N-methyl/N-ethyl adjacent to an activating group) is 1. The number of anilines is 1. The number of ether oxygens (including phenoxy) is 2. The summed E-state index contributed by atoms with van der Waals surface area (Å²) in [5.41, 5.74) is 7.12. The lowest BCUT2D eigenvalue weighted by Gasteiger charge is -2.53. The monoisotopic (exact) mass is 250 g/mol. The Hall–Kier alpha value is -1.26. The molecule has 100 valence electrons. The van der Waals surface area contributed by atoms with Gasteiger partial charge in [0.15, 0.2) is 0 Å². The van der Waals surface area contributed by atoms with Crippen molar-refractivity contribution in [2.24, 2.45) is 5.73 Å². The van der Waals surface area contributed by atoms with Gasteiger partial charge in [0.05, 0.1) is 18.8 Å². The van der Waals surface area contributed by atoms with Crippen molar-refractivity contribution in [3.05, 3.63) is 24.3 Å². The quantitative estimate of drug-likeness (QED) is 0.863. The van der Waals surface area contributed by atoms with Gasteiger partial charge in [0, 0.05) is 32.5 Å². The van der Waals surface area contributed by atoms with E-state index in [0.717, 1.165) is 24.3 Å². The molecule has 0 heterocycles. The third kappa shape index (κ3) is 2.18. The van der Waals surface area contributed by atoms with Crippen LogP contribution in [0.1, 0.15) is 12.8 Å². The van der Waals surface area contributed by atoms with E-state index in [1.807, 2.05) is 18.2 Å². The van der Waals surface area contributed by atoms with Gasteiger partial charge in [-0.25, -0.2) is 0 Å². The Morgan fingerprint density at radius 2 is 2.11 bits per heavy atom. The van der Waals surface area contributed by atoms with E-state index in [2.05, 4.69) is 18.0 Å². The molecular weight excluding hydrogens is 228 g/mol. The third-order valence-electron chi connectivity index (χ3n) is 4.08. The maximum absolute atomic E-state index is 5.97. The molecule has 0 radical (unpaired) electrons. The second-order valence-electron chi connectivity index (χ2n) is 4.95. The van der Waals surface area contributed by atoms with Crippen LogP contribution in [0.3, 0.4) is 0 Å². The summed E-state index contributed by atoms with van der Waals surface area (Å²) >= 11 is 0. The van der Waals surface area contributed by atoms with E-state index >= 15 is 0 Å². The smallest absolute Gasteiger partial charge is 0.120 e. The lowest BCUT2D eigenvalue weighted by atomic mass is 9.72. The highest BCUT2D eigenvalue weighted by Crippen LogP contribution is 2.40. The van der Waals surface area contributed by atoms with Crippen molar-refractivity contribution in [1.29, 1.82) is 0 Å². The predicted molar refractivity (Wildman–Crippen MR) is 73.2 cm³/mol. The highest BCUT2D eigenvalue weighted by Gasteiger charge is 2.46. The first-order valence-electron chi connectivity index (χ1n) is 6.26. The van der Waals surface area contributed by atoms with Crippen LogP contribution in [0.2, 0.25) is 0 Å². The van der Waals surface area contributed by atoms with Gasteiger partial charge in [-0.05, 0) is 25.0 Å². The standard InChI is InChI=1S/C14H22N2O2/c1-16(11-5-4-6-12(7-11)17-2)14(10-15)8-13(9-14)18-3/h4-7,13H,8-10,15H2,1-3H3. The number of hydrogen-bond donors (Lipinski definition) is 1. The SMILES string of the molecule is COc1cccc(N(C)C2(CN)CC(OC)C2)c1. The fourth-order valence-electron chi connectivity index (χ4n) is 2.62. The summed E-state index contributed by atoms with van der Waals surface area (Å²) < 4.78 is 10.6. The molecule has 0 amide bonds. The number of nitrogens with two attached hydrogens (primary N) is 1. The van der Waals surface area contributed by atoms with Gasteiger partial charge in [-0.2, -0.15) is 0 Å². The van der Waals surface area contributed by atoms with E-state index in [1.54, 1.807) is 14.2 Å². The molecular formula is C14H22N2O2. The van der Waals surface area contributed by atoms with Crippen LogP contribution in [0, 0.1) is 0 Å². The molecule has 1 aliphatic rings. The molecule has 0 aliphatic heterocycles. The van der Waals surface area contributed by atoms with Crippen LogP contribution in [0.15, 0.2) is 24.3 Å². The van der Waals surface area contributed by atoms with Gasteiger partial charge < -0.3 is 20.1 Å². The molecule has 1 aromatic carbocycles. The molecule has 2 N–H and O–H groups in total. The number of hydrogen-bond acceptors (Lipinski definition) is 4. The van der Waals surface area contributed by atoms with Crippen molar-refractivity contribution in [2.45, 2.75) is 24.5 Å². The molecule has 18 heavy (non-hydrogen) atoms. The largest absolute Gasteiger partial charge is 0.497 e. The van der Waals surface area contributed by atoms with Crippen LogP contribution in [-0.2, 0) is 4.74 Å². The number of rotatable bonds is 5. The van der Waals surface area contributed by atoms with Gasteiger partial charge in [-0.3, -0.25) is 0 Å². The molecule has 1 saturated carbocycles. The Kier molecular flexibility index (Phi) is 3.78. The van der Waals surface area contributed by atoms with Gasteiger partial charge in [0.1, 0.15) is 5.75 Å². The van der Waals surface area contributed by atoms with Gasteiger partial charge in [0.2, 0.25) is 0 Å². The molecule has 1 fully saturated rings. The van der Waals surface area contributed by atoms with Crippen LogP contribution >= 0.6 is 0 Å². The average Bonchev–Trinajstić information content (AvgIpc) is 2.38. The second-order valence-corrected chi connectivity index (χ2v) is 4.95. The summed E-state index contributed by atoms with van der Waals surface area (Å²) in [5.74, 6) is 0.870. The fraction of sp³-hybridized carbons (Fsp3) is 0.571. The Morgan fingerprint density at radius 1 is 1.39 bits per heavy atom.